The summed E-state index contributed by atoms with van der Waals surface area (Å²) in [5.74, 6) is 2.06. The molecule has 2 aromatic carbocycles. The van der Waals surface area contributed by atoms with Gasteiger partial charge in [-0.15, -0.1) is 0 Å². The molecule has 1 aliphatic heterocycles. The number of ether oxygens (including phenoxy) is 3. The maximum atomic E-state index is 6.12. The van der Waals surface area contributed by atoms with Crippen LogP contribution in [0.2, 0.25) is 0 Å². The molecule has 0 saturated heterocycles. The van der Waals surface area contributed by atoms with Gasteiger partial charge in [-0.25, -0.2) is 0 Å². The van der Waals surface area contributed by atoms with Gasteiger partial charge < -0.3 is 32.4 Å². The zero-order valence-corrected chi connectivity index (χ0v) is 12.3. The maximum absolute atomic E-state index is 6.12. The molecule has 1 aliphatic rings. The Morgan fingerprint density at radius 3 is 2.57 bits per heavy atom. The fourth-order valence-electron chi connectivity index (χ4n) is 2.14. The Morgan fingerprint density at radius 1 is 1.00 bits per heavy atom. The van der Waals surface area contributed by atoms with Gasteiger partial charge in [0.1, 0.15) is 19.8 Å². The first-order valence-corrected chi connectivity index (χ1v) is 6.66. The molecule has 0 spiro atoms. The first kappa shape index (κ1) is 15.5. The normalized spacial score (nSPS) is 14.0. The molecule has 1 heterocycles. The number of nitrogens with two attached hydrogens (primary N) is 1. The van der Waals surface area contributed by atoms with Gasteiger partial charge in [0.25, 0.3) is 0 Å². The van der Waals surface area contributed by atoms with Crippen LogP contribution in [0.15, 0.2) is 48.5 Å². The molecule has 5 heteroatoms. The molecule has 4 nitrogen and oxygen atoms in total. The van der Waals surface area contributed by atoms with Crippen LogP contribution in [-0.2, 0) is 0 Å². The molecule has 2 aromatic rings. The van der Waals surface area contributed by atoms with Crippen molar-refractivity contribution in [2.75, 3.05) is 19.8 Å². The molecule has 3 rings (SSSR count). The smallest absolute Gasteiger partial charge is 0.203 e. The molecule has 0 aromatic heterocycles. The second-order valence-electron chi connectivity index (χ2n) is 4.61. The van der Waals surface area contributed by atoms with E-state index in [1.807, 2.05) is 48.5 Å². The van der Waals surface area contributed by atoms with E-state index in [4.69, 9.17) is 19.9 Å². The minimum absolute atomic E-state index is 0. The third-order valence-corrected chi connectivity index (χ3v) is 3.18. The van der Waals surface area contributed by atoms with Gasteiger partial charge in [0, 0.05) is 0 Å². The molecule has 21 heavy (non-hydrogen) atoms. The van der Waals surface area contributed by atoms with Crippen LogP contribution in [-0.4, -0.2) is 19.8 Å². The lowest BCUT2D eigenvalue weighted by molar-refractivity contribution is -0.00000497. The monoisotopic (exact) mass is 306 g/mol. The van der Waals surface area contributed by atoms with Gasteiger partial charge in [0.05, 0.1) is 6.04 Å². The Balaban J connectivity index is 0.00000161. The number of halogens is 1. The van der Waals surface area contributed by atoms with E-state index < -0.39 is 0 Å². The summed E-state index contributed by atoms with van der Waals surface area (Å²) in [5, 5.41) is 0. The van der Waals surface area contributed by atoms with Gasteiger partial charge in [-0.05, 0) is 17.7 Å². The van der Waals surface area contributed by atoms with Crippen molar-refractivity contribution in [1.29, 1.82) is 0 Å². The zero-order valence-electron chi connectivity index (χ0n) is 11.5. The minimum atomic E-state index is -0.170. The van der Waals surface area contributed by atoms with Gasteiger partial charge in [0.2, 0.25) is 5.75 Å². The first-order chi connectivity index (χ1) is 9.84. The molecule has 112 valence electrons. The molecule has 0 saturated carbocycles. The Morgan fingerprint density at radius 2 is 1.76 bits per heavy atom. The van der Waals surface area contributed by atoms with E-state index in [-0.39, 0.29) is 18.4 Å². The molecular formula is C16H17ClNO3-. The lowest BCUT2D eigenvalue weighted by Gasteiger charge is -2.21. The summed E-state index contributed by atoms with van der Waals surface area (Å²) in [6.07, 6.45) is 0. The van der Waals surface area contributed by atoms with Gasteiger partial charge in [-0.2, -0.15) is 0 Å². The molecule has 2 N–H and O–H groups in total. The molecular weight excluding hydrogens is 290 g/mol. The third-order valence-electron chi connectivity index (χ3n) is 3.18. The Hall–Kier alpha value is -1.91. The van der Waals surface area contributed by atoms with Gasteiger partial charge in [-0.1, -0.05) is 36.4 Å². The van der Waals surface area contributed by atoms with Crippen molar-refractivity contribution >= 4 is 0 Å². The SMILES string of the molecule is NC(COc1cccc2c1OCCO2)c1ccccc1.[Cl-]. The average molecular weight is 307 g/mol. The van der Waals surface area contributed by atoms with Crippen molar-refractivity contribution in [3.8, 4) is 17.2 Å². The summed E-state index contributed by atoms with van der Waals surface area (Å²) in [6.45, 7) is 1.50. The fourth-order valence-corrected chi connectivity index (χ4v) is 2.14. The van der Waals surface area contributed by atoms with Crippen LogP contribution in [0.4, 0.5) is 0 Å². The van der Waals surface area contributed by atoms with Gasteiger partial charge >= 0.3 is 0 Å². The van der Waals surface area contributed by atoms with Crippen LogP contribution >= 0.6 is 0 Å². The van der Waals surface area contributed by atoms with E-state index in [0.29, 0.717) is 31.3 Å². The highest BCUT2D eigenvalue weighted by Crippen LogP contribution is 2.39. The van der Waals surface area contributed by atoms with Crippen molar-refractivity contribution in [3.05, 3.63) is 54.1 Å². The maximum Gasteiger partial charge on any atom is 0.203 e. The molecule has 1 atom stereocenters. The highest BCUT2D eigenvalue weighted by atomic mass is 35.5. The third kappa shape index (κ3) is 3.60. The van der Waals surface area contributed by atoms with Gasteiger partial charge in [0.15, 0.2) is 11.5 Å². The van der Waals surface area contributed by atoms with E-state index in [1.54, 1.807) is 0 Å². The summed E-state index contributed by atoms with van der Waals surface area (Å²) in [4.78, 5) is 0. The average Bonchev–Trinajstić information content (AvgIpc) is 2.53. The standard InChI is InChI=1S/C16H17NO3.ClH/c17-13(12-5-2-1-3-6-12)11-20-15-8-4-7-14-16(15)19-10-9-18-14;/h1-8,13H,9-11,17H2;1H/p-1. The molecule has 0 fully saturated rings. The Bertz CT molecular complexity index is 577. The highest BCUT2D eigenvalue weighted by molar-refractivity contribution is 5.51. The largest absolute Gasteiger partial charge is 1.00 e. The van der Waals surface area contributed by atoms with Crippen molar-refractivity contribution in [2.45, 2.75) is 6.04 Å². The van der Waals surface area contributed by atoms with Crippen molar-refractivity contribution < 1.29 is 26.6 Å². The first-order valence-electron chi connectivity index (χ1n) is 6.66. The van der Waals surface area contributed by atoms with E-state index in [9.17, 15) is 0 Å². The predicted octanol–water partition coefficient (Wildman–Crippen LogP) is -0.459. The topological polar surface area (TPSA) is 53.7 Å². The van der Waals surface area contributed by atoms with Gasteiger partial charge in [-0.3, -0.25) is 0 Å². The van der Waals surface area contributed by atoms with Crippen LogP contribution in [0.25, 0.3) is 0 Å². The predicted molar refractivity (Wildman–Crippen MR) is 76.3 cm³/mol. The summed E-state index contributed by atoms with van der Waals surface area (Å²) < 4.78 is 16.9. The molecule has 0 aliphatic carbocycles. The molecule has 0 radical (unpaired) electrons. The lowest BCUT2D eigenvalue weighted by Crippen LogP contribution is -3.00. The van der Waals surface area contributed by atoms with Crippen molar-refractivity contribution in [1.82, 2.24) is 0 Å². The van der Waals surface area contributed by atoms with Crippen LogP contribution in [0.1, 0.15) is 11.6 Å². The Labute approximate surface area is 130 Å². The number of hydrogen-bond donors (Lipinski definition) is 1. The zero-order chi connectivity index (χ0) is 13.8. The van der Waals surface area contributed by atoms with Crippen LogP contribution in [0, 0.1) is 0 Å². The summed E-state index contributed by atoms with van der Waals surface area (Å²) in [5.41, 5.74) is 7.17. The van der Waals surface area contributed by atoms with E-state index in [1.165, 1.54) is 0 Å². The van der Waals surface area contributed by atoms with Crippen LogP contribution in [0.3, 0.4) is 0 Å². The van der Waals surface area contributed by atoms with Crippen molar-refractivity contribution in [2.24, 2.45) is 5.73 Å². The number of fused-ring (bicyclic) bond motifs is 1. The summed E-state index contributed by atoms with van der Waals surface area (Å²) in [6, 6.07) is 15.3. The minimum Gasteiger partial charge on any atom is -1.00 e. The quantitative estimate of drug-likeness (QED) is 0.831. The molecule has 0 amide bonds. The highest BCUT2D eigenvalue weighted by Gasteiger charge is 2.17. The number of hydrogen-bond acceptors (Lipinski definition) is 4. The van der Waals surface area contributed by atoms with E-state index in [2.05, 4.69) is 0 Å². The van der Waals surface area contributed by atoms with Crippen LogP contribution < -0.4 is 32.4 Å². The number of rotatable bonds is 4. The van der Waals surface area contributed by atoms with E-state index in [0.717, 1.165) is 11.3 Å². The van der Waals surface area contributed by atoms with Crippen molar-refractivity contribution in [3.63, 3.8) is 0 Å². The fraction of sp³-hybridized carbons (Fsp3) is 0.250. The molecule has 0 bridgehead atoms. The molecule has 1 unspecified atom stereocenters. The number of benzene rings is 2. The second-order valence-corrected chi connectivity index (χ2v) is 4.61. The van der Waals surface area contributed by atoms with E-state index >= 15 is 0 Å². The summed E-state index contributed by atoms with van der Waals surface area (Å²) in [7, 11) is 0. The Kier molecular flexibility index (Phi) is 5.31. The summed E-state index contributed by atoms with van der Waals surface area (Å²) >= 11 is 0. The second kappa shape index (κ2) is 7.20. The van der Waals surface area contributed by atoms with Crippen LogP contribution in [0.5, 0.6) is 17.2 Å². The number of para-hydroxylation sites is 1. The lowest BCUT2D eigenvalue weighted by atomic mass is 10.1.